The lowest BCUT2D eigenvalue weighted by Gasteiger charge is -2.25. The van der Waals surface area contributed by atoms with E-state index in [9.17, 15) is 18.8 Å². The van der Waals surface area contributed by atoms with E-state index < -0.39 is 28.8 Å². The van der Waals surface area contributed by atoms with Gasteiger partial charge in [0.2, 0.25) is 0 Å². The van der Waals surface area contributed by atoms with Crippen LogP contribution in [0.3, 0.4) is 0 Å². The lowest BCUT2D eigenvalue weighted by atomic mass is 9.80. The van der Waals surface area contributed by atoms with Crippen LogP contribution in [0.4, 0.5) is 8.78 Å². The molecule has 4 N–H and O–H groups in total. The lowest BCUT2D eigenvalue weighted by molar-refractivity contribution is 0.100. The number of allylic oxidation sites excluding steroid dienone is 5. The zero-order chi connectivity index (χ0) is 28.9. The maximum atomic E-state index is 15.6. The monoisotopic (exact) mass is 544 g/mol. The Morgan fingerprint density at radius 3 is 2.62 bits per heavy atom. The average Bonchev–Trinajstić information content (AvgIpc) is 3.27. The highest BCUT2D eigenvalue weighted by Crippen LogP contribution is 2.40. The topological polar surface area (TPSA) is 114 Å². The number of hydrogen-bond acceptors (Lipinski definition) is 3. The number of amides is 1. The maximum Gasteiger partial charge on any atom is 0.333 e. The fraction of sp³-hybridized carbons (Fsp3) is 0.258. The van der Waals surface area contributed by atoms with Gasteiger partial charge in [-0.3, -0.25) is 9.59 Å². The summed E-state index contributed by atoms with van der Waals surface area (Å²) < 4.78 is 30.4. The molecule has 9 heteroatoms. The third kappa shape index (κ3) is 4.51. The molecule has 7 nitrogen and oxygen atoms in total. The lowest BCUT2D eigenvalue weighted by Crippen LogP contribution is -2.34. The molecule has 0 spiro atoms. The van der Waals surface area contributed by atoms with Crippen molar-refractivity contribution in [3.05, 3.63) is 104 Å². The van der Waals surface area contributed by atoms with Crippen LogP contribution in [0.1, 0.15) is 54.4 Å². The van der Waals surface area contributed by atoms with E-state index in [1.807, 2.05) is 0 Å². The molecule has 0 radical (unpaired) electrons. The highest BCUT2D eigenvalue weighted by atomic mass is 19.1. The van der Waals surface area contributed by atoms with Crippen molar-refractivity contribution in [3.63, 3.8) is 0 Å². The molecule has 0 aliphatic heterocycles. The van der Waals surface area contributed by atoms with Crippen LogP contribution in [0.5, 0.6) is 0 Å². The second-order valence-electron chi connectivity index (χ2n) is 10.7. The summed E-state index contributed by atoms with van der Waals surface area (Å²) >= 11 is 0. The van der Waals surface area contributed by atoms with Crippen molar-refractivity contribution in [3.8, 4) is 0 Å². The zero-order valence-electron chi connectivity index (χ0n) is 22.5. The van der Waals surface area contributed by atoms with E-state index in [0.29, 0.717) is 33.9 Å². The van der Waals surface area contributed by atoms with Crippen LogP contribution < -0.4 is 17.0 Å². The first-order valence-electron chi connectivity index (χ1n) is 13.1. The second-order valence-corrected chi connectivity index (χ2v) is 10.7. The molecule has 0 fully saturated rings. The van der Waals surface area contributed by atoms with Gasteiger partial charge in [-0.15, -0.1) is 0 Å². The predicted molar refractivity (Wildman–Crippen MR) is 154 cm³/mol. The first-order chi connectivity index (χ1) is 19.0. The summed E-state index contributed by atoms with van der Waals surface area (Å²) in [5, 5.41) is 0.660. The molecule has 2 aromatic heterocycles. The molecule has 1 aliphatic rings. The Labute approximate surface area is 228 Å². The Hall–Kier alpha value is -4.53. The van der Waals surface area contributed by atoms with Gasteiger partial charge in [0.15, 0.2) is 0 Å². The van der Waals surface area contributed by atoms with Crippen LogP contribution in [0.2, 0.25) is 0 Å². The molecule has 0 saturated heterocycles. The highest BCUT2D eigenvalue weighted by Gasteiger charge is 2.28. The van der Waals surface area contributed by atoms with Gasteiger partial charge in [-0.25, -0.2) is 18.1 Å². The minimum absolute atomic E-state index is 0.0109. The van der Waals surface area contributed by atoms with Crippen molar-refractivity contribution in [1.29, 1.82) is 0 Å². The van der Waals surface area contributed by atoms with E-state index in [1.54, 1.807) is 19.1 Å². The standard InChI is InChI=1S/C31H30F2N4O3/c1-15(2)18-11-12-19-24(13-18)35-28-21(29(34)38)14-23(33)25(26(19)28)16(3)7-5-8-17(4)37-30(39)20-9-6-10-22(32)27(20)36-31(37)40/h5-10,14-15,18,35H,4,11-13H2,1-3H3,(H2,34,38)(H,36,40)/b8-5-,16-7+. The number of rotatable bonds is 6. The van der Waals surface area contributed by atoms with E-state index in [4.69, 9.17) is 5.73 Å². The first kappa shape index (κ1) is 27.1. The molecule has 0 saturated carbocycles. The summed E-state index contributed by atoms with van der Waals surface area (Å²) in [5.74, 6) is -1.01. The van der Waals surface area contributed by atoms with E-state index in [2.05, 4.69) is 30.4 Å². The molecule has 0 bridgehead atoms. The summed E-state index contributed by atoms with van der Waals surface area (Å²) in [6.45, 7) is 9.93. The van der Waals surface area contributed by atoms with Gasteiger partial charge in [0.25, 0.3) is 11.5 Å². The SMILES string of the molecule is C=C(/C=C\C=C(/C)c1c(F)cc(C(N)=O)c2[nH]c3c(c12)CCC(C(C)C)C3)n1c(=O)[nH]c2c(F)cccc2c1=O. The largest absolute Gasteiger partial charge is 0.366 e. The van der Waals surface area contributed by atoms with Gasteiger partial charge in [-0.05, 0) is 73.4 Å². The molecule has 1 aliphatic carbocycles. The number of H-pyrrole nitrogens is 2. The van der Waals surface area contributed by atoms with E-state index >= 15 is 4.39 Å². The quantitative estimate of drug-likeness (QED) is 0.281. The number of hydrogen-bond donors (Lipinski definition) is 3. The van der Waals surface area contributed by atoms with Crippen LogP contribution in [-0.4, -0.2) is 20.4 Å². The normalized spacial score (nSPS) is 15.8. The molecular weight excluding hydrogens is 514 g/mol. The fourth-order valence-electron chi connectivity index (χ4n) is 5.68. The Kier molecular flexibility index (Phi) is 6.91. The van der Waals surface area contributed by atoms with Gasteiger partial charge >= 0.3 is 5.69 Å². The molecule has 2 heterocycles. The summed E-state index contributed by atoms with van der Waals surface area (Å²) in [4.78, 5) is 43.4. The van der Waals surface area contributed by atoms with E-state index in [0.717, 1.165) is 47.2 Å². The third-order valence-corrected chi connectivity index (χ3v) is 7.86. The number of aromatic amines is 2. The van der Waals surface area contributed by atoms with Crippen LogP contribution in [0, 0.1) is 23.5 Å². The number of primary amides is 1. The molecule has 40 heavy (non-hydrogen) atoms. The van der Waals surface area contributed by atoms with Gasteiger partial charge in [0.1, 0.15) is 11.6 Å². The second kappa shape index (κ2) is 10.2. The predicted octanol–water partition coefficient (Wildman–Crippen LogP) is 5.44. The number of nitrogens with two attached hydrogens (primary N) is 1. The minimum atomic E-state index is -0.827. The van der Waals surface area contributed by atoms with Crippen molar-refractivity contribution < 1.29 is 13.6 Å². The van der Waals surface area contributed by atoms with Gasteiger partial charge in [0.05, 0.1) is 22.0 Å². The minimum Gasteiger partial charge on any atom is -0.366 e. The number of carbonyl (C=O) groups is 1. The van der Waals surface area contributed by atoms with Crippen molar-refractivity contribution in [2.45, 2.75) is 40.0 Å². The molecular formula is C31H30F2N4O3. The number of carbonyl (C=O) groups excluding carboxylic acids is 1. The first-order valence-corrected chi connectivity index (χ1v) is 13.1. The fourth-order valence-corrected chi connectivity index (χ4v) is 5.68. The number of nitrogens with one attached hydrogen (secondary N) is 2. The molecule has 1 atom stereocenters. The molecule has 2 aromatic carbocycles. The van der Waals surface area contributed by atoms with Crippen molar-refractivity contribution >= 4 is 39.0 Å². The molecule has 1 unspecified atom stereocenters. The summed E-state index contributed by atoms with van der Waals surface area (Å²) in [5.41, 5.74) is 7.50. The molecule has 5 rings (SSSR count). The molecule has 206 valence electrons. The van der Waals surface area contributed by atoms with Crippen LogP contribution >= 0.6 is 0 Å². The van der Waals surface area contributed by atoms with Crippen molar-refractivity contribution in [2.75, 3.05) is 0 Å². The highest BCUT2D eigenvalue weighted by molar-refractivity contribution is 6.09. The van der Waals surface area contributed by atoms with Gasteiger partial charge in [-0.1, -0.05) is 38.6 Å². The third-order valence-electron chi connectivity index (χ3n) is 7.86. The number of halogens is 2. The molecule has 1 amide bonds. The number of aryl methyl sites for hydroxylation is 1. The summed E-state index contributed by atoms with van der Waals surface area (Å²) in [7, 11) is 0. The van der Waals surface area contributed by atoms with Gasteiger partial charge in [-0.2, -0.15) is 0 Å². The summed E-state index contributed by atoms with van der Waals surface area (Å²) in [6, 6.07) is 5.11. The Morgan fingerprint density at radius 1 is 1.18 bits per heavy atom. The number of fused-ring (bicyclic) bond motifs is 4. The van der Waals surface area contributed by atoms with Crippen LogP contribution in [0.25, 0.3) is 33.1 Å². The number of nitrogens with zero attached hydrogens (tertiary/aromatic N) is 1. The van der Waals surface area contributed by atoms with Crippen molar-refractivity contribution in [1.82, 2.24) is 14.5 Å². The number of para-hydroxylation sites is 1. The average molecular weight is 545 g/mol. The van der Waals surface area contributed by atoms with Crippen LogP contribution in [0.15, 0.2) is 58.7 Å². The summed E-state index contributed by atoms with van der Waals surface area (Å²) in [6.07, 6.45) is 7.16. The van der Waals surface area contributed by atoms with E-state index in [1.165, 1.54) is 18.2 Å². The Balaban J connectivity index is 1.56. The van der Waals surface area contributed by atoms with E-state index in [-0.39, 0.29) is 22.2 Å². The van der Waals surface area contributed by atoms with Crippen molar-refractivity contribution in [2.24, 2.45) is 17.6 Å². The Bertz CT molecular complexity index is 1890. The van der Waals surface area contributed by atoms with Crippen LogP contribution in [-0.2, 0) is 12.8 Å². The van der Waals surface area contributed by atoms with Gasteiger partial charge in [0, 0.05) is 22.3 Å². The molecule has 4 aromatic rings. The zero-order valence-corrected chi connectivity index (χ0v) is 22.5. The number of benzene rings is 2. The smallest absolute Gasteiger partial charge is 0.333 e. The maximum absolute atomic E-state index is 15.6. The number of aromatic nitrogens is 3. The van der Waals surface area contributed by atoms with Gasteiger partial charge < -0.3 is 15.7 Å². The Morgan fingerprint density at radius 2 is 1.93 bits per heavy atom.